The van der Waals surface area contributed by atoms with Gasteiger partial charge in [0.05, 0.1) is 0 Å². The predicted octanol–water partition coefficient (Wildman–Crippen LogP) is 3.11. The molecular weight excluding hydrogens is 302 g/mol. The lowest BCUT2D eigenvalue weighted by Gasteiger charge is -2.26. The Balaban J connectivity index is 1.63. The standard InChI is InChI=1S/C15H19N3O3S/c1-9-3-4-12(21-9)13-16-15(22-18-13)17-14(19)10(2)11-5-7-20-8-6-11/h3-4,10-11H,5-8H2,1-2H3,(H,16,17,18,19)/t10-/m1/s1. The molecule has 1 aliphatic heterocycles. The van der Waals surface area contributed by atoms with E-state index in [9.17, 15) is 4.79 Å². The van der Waals surface area contributed by atoms with Crippen LogP contribution in [0.3, 0.4) is 0 Å². The summed E-state index contributed by atoms with van der Waals surface area (Å²) in [5.74, 6) is 2.24. The number of anilines is 1. The average molecular weight is 321 g/mol. The fourth-order valence-corrected chi connectivity index (χ4v) is 3.16. The van der Waals surface area contributed by atoms with Crippen LogP contribution in [0.25, 0.3) is 11.6 Å². The molecule has 1 aliphatic rings. The maximum Gasteiger partial charge on any atom is 0.229 e. The lowest BCUT2D eigenvalue weighted by molar-refractivity contribution is -0.122. The highest BCUT2D eigenvalue weighted by atomic mass is 32.1. The number of furan rings is 1. The largest absolute Gasteiger partial charge is 0.458 e. The van der Waals surface area contributed by atoms with E-state index in [4.69, 9.17) is 9.15 Å². The Morgan fingerprint density at radius 2 is 2.18 bits per heavy atom. The molecule has 0 radical (unpaired) electrons. The molecule has 118 valence electrons. The minimum absolute atomic E-state index is 0.00905. The summed E-state index contributed by atoms with van der Waals surface area (Å²) in [5, 5.41) is 3.37. The highest BCUT2D eigenvalue weighted by Crippen LogP contribution is 2.26. The Labute approximate surface area is 133 Å². The van der Waals surface area contributed by atoms with Gasteiger partial charge in [0, 0.05) is 30.7 Å². The van der Waals surface area contributed by atoms with E-state index >= 15 is 0 Å². The van der Waals surface area contributed by atoms with E-state index in [-0.39, 0.29) is 11.8 Å². The molecule has 3 heterocycles. The number of rotatable bonds is 4. The molecule has 1 amide bonds. The molecule has 0 saturated carbocycles. The third-order valence-corrected chi connectivity index (χ3v) is 4.63. The molecule has 0 bridgehead atoms. The monoisotopic (exact) mass is 321 g/mol. The molecule has 1 saturated heterocycles. The first-order chi connectivity index (χ1) is 10.6. The molecule has 0 aromatic carbocycles. The second-order valence-electron chi connectivity index (χ2n) is 5.56. The molecule has 2 aromatic heterocycles. The van der Waals surface area contributed by atoms with Crippen LogP contribution in [0.5, 0.6) is 0 Å². The van der Waals surface area contributed by atoms with E-state index in [0.717, 1.165) is 31.8 Å². The fraction of sp³-hybridized carbons (Fsp3) is 0.533. The van der Waals surface area contributed by atoms with Crippen molar-refractivity contribution in [3.05, 3.63) is 17.9 Å². The van der Waals surface area contributed by atoms with E-state index in [2.05, 4.69) is 14.7 Å². The van der Waals surface area contributed by atoms with Crippen molar-refractivity contribution >= 4 is 22.6 Å². The van der Waals surface area contributed by atoms with Crippen molar-refractivity contribution in [2.75, 3.05) is 18.5 Å². The van der Waals surface area contributed by atoms with Crippen LogP contribution in [-0.4, -0.2) is 28.5 Å². The highest BCUT2D eigenvalue weighted by molar-refractivity contribution is 7.10. The lowest BCUT2D eigenvalue weighted by atomic mass is 9.87. The Morgan fingerprint density at radius 1 is 1.41 bits per heavy atom. The number of hydrogen-bond donors (Lipinski definition) is 1. The van der Waals surface area contributed by atoms with Gasteiger partial charge >= 0.3 is 0 Å². The van der Waals surface area contributed by atoms with Gasteiger partial charge in [-0.2, -0.15) is 9.36 Å². The molecule has 1 atom stereocenters. The van der Waals surface area contributed by atoms with Gasteiger partial charge in [0.25, 0.3) is 0 Å². The summed E-state index contributed by atoms with van der Waals surface area (Å²) < 4.78 is 15.1. The van der Waals surface area contributed by atoms with Crippen molar-refractivity contribution in [1.82, 2.24) is 9.36 Å². The summed E-state index contributed by atoms with van der Waals surface area (Å²) in [6.07, 6.45) is 1.86. The molecule has 1 N–H and O–H groups in total. The van der Waals surface area contributed by atoms with Gasteiger partial charge in [-0.1, -0.05) is 6.92 Å². The summed E-state index contributed by atoms with van der Waals surface area (Å²) in [5.41, 5.74) is 0. The maximum absolute atomic E-state index is 12.3. The third-order valence-electron chi connectivity index (χ3n) is 4.00. The Morgan fingerprint density at radius 3 is 2.86 bits per heavy atom. The minimum atomic E-state index is -0.0536. The molecule has 22 heavy (non-hydrogen) atoms. The number of ether oxygens (including phenoxy) is 1. The summed E-state index contributed by atoms with van der Waals surface area (Å²) in [4.78, 5) is 16.6. The van der Waals surface area contributed by atoms with Gasteiger partial charge in [-0.3, -0.25) is 4.79 Å². The van der Waals surface area contributed by atoms with Crippen molar-refractivity contribution < 1.29 is 13.9 Å². The number of carbonyl (C=O) groups excluding carboxylic acids is 1. The Kier molecular flexibility index (Phi) is 4.54. The van der Waals surface area contributed by atoms with Gasteiger partial charge in [-0.25, -0.2) is 0 Å². The number of nitrogens with one attached hydrogen (secondary N) is 1. The van der Waals surface area contributed by atoms with Crippen LogP contribution in [-0.2, 0) is 9.53 Å². The molecule has 0 unspecified atom stereocenters. The lowest BCUT2D eigenvalue weighted by Crippen LogP contribution is -2.30. The summed E-state index contributed by atoms with van der Waals surface area (Å²) in [6.45, 7) is 5.31. The van der Waals surface area contributed by atoms with Crippen LogP contribution in [0, 0.1) is 18.8 Å². The number of aryl methyl sites for hydroxylation is 1. The molecule has 0 spiro atoms. The van der Waals surface area contributed by atoms with E-state index in [1.807, 2.05) is 26.0 Å². The smallest absolute Gasteiger partial charge is 0.229 e. The van der Waals surface area contributed by atoms with Gasteiger partial charge in [-0.15, -0.1) is 0 Å². The van der Waals surface area contributed by atoms with Gasteiger partial charge in [-0.05, 0) is 37.8 Å². The molecule has 2 aromatic rings. The molecule has 0 aliphatic carbocycles. The zero-order valence-electron chi connectivity index (χ0n) is 12.7. The Hall–Kier alpha value is -1.73. The van der Waals surface area contributed by atoms with Gasteiger partial charge in [0.1, 0.15) is 5.76 Å². The zero-order valence-corrected chi connectivity index (χ0v) is 13.5. The number of aromatic nitrogens is 2. The van der Waals surface area contributed by atoms with Gasteiger partial charge < -0.3 is 14.5 Å². The number of amides is 1. The Bertz CT molecular complexity index is 646. The van der Waals surface area contributed by atoms with Crippen LogP contribution in [0.2, 0.25) is 0 Å². The molecule has 1 fully saturated rings. The zero-order chi connectivity index (χ0) is 15.5. The third kappa shape index (κ3) is 3.36. The van der Waals surface area contributed by atoms with Crippen LogP contribution in [0.4, 0.5) is 5.13 Å². The molecular formula is C15H19N3O3S. The van der Waals surface area contributed by atoms with Crippen molar-refractivity contribution in [1.29, 1.82) is 0 Å². The second-order valence-corrected chi connectivity index (χ2v) is 6.31. The predicted molar refractivity (Wildman–Crippen MR) is 83.7 cm³/mol. The van der Waals surface area contributed by atoms with E-state index in [1.165, 1.54) is 11.5 Å². The molecule has 3 rings (SSSR count). The molecule has 6 nitrogen and oxygen atoms in total. The summed E-state index contributed by atoms with van der Waals surface area (Å²) in [7, 11) is 0. The van der Waals surface area contributed by atoms with E-state index < -0.39 is 0 Å². The van der Waals surface area contributed by atoms with Crippen LogP contribution >= 0.6 is 11.5 Å². The van der Waals surface area contributed by atoms with E-state index in [0.29, 0.717) is 22.6 Å². The topological polar surface area (TPSA) is 77.2 Å². The fourth-order valence-electron chi connectivity index (χ4n) is 2.58. The minimum Gasteiger partial charge on any atom is -0.458 e. The highest BCUT2D eigenvalue weighted by Gasteiger charge is 2.26. The number of hydrogen-bond acceptors (Lipinski definition) is 6. The molecule has 7 heteroatoms. The maximum atomic E-state index is 12.3. The van der Waals surface area contributed by atoms with Crippen LogP contribution < -0.4 is 5.32 Å². The quantitative estimate of drug-likeness (QED) is 0.936. The van der Waals surface area contributed by atoms with Gasteiger partial charge in [0.2, 0.25) is 16.9 Å². The number of carbonyl (C=O) groups is 1. The van der Waals surface area contributed by atoms with Crippen molar-refractivity contribution in [3.63, 3.8) is 0 Å². The first kappa shape index (κ1) is 15.2. The number of nitrogens with zero attached hydrogens (tertiary/aromatic N) is 2. The normalized spacial score (nSPS) is 17.4. The second kappa shape index (κ2) is 6.58. The van der Waals surface area contributed by atoms with Crippen LogP contribution in [0.1, 0.15) is 25.5 Å². The summed E-state index contributed by atoms with van der Waals surface area (Å²) >= 11 is 1.17. The van der Waals surface area contributed by atoms with Crippen LogP contribution in [0.15, 0.2) is 16.5 Å². The average Bonchev–Trinajstić information content (AvgIpc) is 3.16. The van der Waals surface area contributed by atoms with E-state index in [1.54, 1.807) is 0 Å². The van der Waals surface area contributed by atoms with Gasteiger partial charge in [0.15, 0.2) is 5.76 Å². The van der Waals surface area contributed by atoms with Crippen molar-refractivity contribution in [2.45, 2.75) is 26.7 Å². The SMILES string of the molecule is Cc1ccc(-c2nsc(NC(=O)[C@H](C)C3CCOCC3)n2)o1. The van der Waals surface area contributed by atoms with Crippen molar-refractivity contribution in [2.24, 2.45) is 11.8 Å². The first-order valence-electron chi connectivity index (χ1n) is 7.42. The summed E-state index contributed by atoms with van der Waals surface area (Å²) in [6, 6.07) is 3.69. The first-order valence-corrected chi connectivity index (χ1v) is 8.20. The van der Waals surface area contributed by atoms with Crippen molar-refractivity contribution in [3.8, 4) is 11.6 Å².